The molecule has 1 amide bonds. The normalized spacial score (nSPS) is 10.1. The predicted octanol–water partition coefficient (Wildman–Crippen LogP) is 2.53. The highest BCUT2D eigenvalue weighted by atomic mass is 35.5. The lowest BCUT2D eigenvalue weighted by Crippen LogP contribution is -2.11. The zero-order valence-electron chi connectivity index (χ0n) is 9.08. The molecule has 3 nitrogen and oxygen atoms in total. The van der Waals surface area contributed by atoms with Gasteiger partial charge in [0.25, 0.3) is 0 Å². The van der Waals surface area contributed by atoms with Gasteiger partial charge in [0.2, 0.25) is 5.91 Å². The van der Waals surface area contributed by atoms with Crippen LogP contribution in [-0.4, -0.2) is 16.9 Å². The van der Waals surface area contributed by atoms with Gasteiger partial charge < -0.3 is 10.4 Å². The van der Waals surface area contributed by atoms with Crippen molar-refractivity contribution >= 4 is 23.2 Å². The molecule has 0 unspecified atom stereocenters. The van der Waals surface area contributed by atoms with E-state index in [1.807, 2.05) is 6.07 Å². The summed E-state index contributed by atoms with van der Waals surface area (Å²) in [6, 6.07) is 7.18. The first-order chi connectivity index (χ1) is 7.76. The summed E-state index contributed by atoms with van der Waals surface area (Å²) in [5.41, 5.74) is 1.51. The van der Waals surface area contributed by atoms with Crippen molar-refractivity contribution in [2.24, 2.45) is 0 Å². The highest BCUT2D eigenvalue weighted by Crippen LogP contribution is 2.11. The van der Waals surface area contributed by atoms with Gasteiger partial charge in [0, 0.05) is 18.0 Å². The fraction of sp³-hybridized carbons (Fsp3) is 0.417. The second-order valence-electron chi connectivity index (χ2n) is 3.55. The predicted molar refractivity (Wildman–Crippen MR) is 65.6 cm³/mol. The van der Waals surface area contributed by atoms with Crippen molar-refractivity contribution in [3.05, 3.63) is 29.8 Å². The number of carbonyl (C=O) groups is 1. The van der Waals surface area contributed by atoms with Crippen LogP contribution in [0.15, 0.2) is 24.3 Å². The molecule has 0 spiro atoms. The second kappa shape index (κ2) is 7.25. The van der Waals surface area contributed by atoms with Gasteiger partial charge in [-0.25, -0.2) is 0 Å². The van der Waals surface area contributed by atoms with Gasteiger partial charge in [0.05, 0.1) is 6.61 Å². The molecule has 0 aliphatic rings. The number of hydrogen-bond donors (Lipinski definition) is 2. The third kappa shape index (κ3) is 4.64. The van der Waals surface area contributed by atoms with E-state index in [9.17, 15) is 4.79 Å². The van der Waals surface area contributed by atoms with E-state index in [1.165, 1.54) is 0 Å². The van der Waals surface area contributed by atoms with E-state index in [4.69, 9.17) is 16.7 Å². The Kier molecular flexibility index (Phi) is 5.90. The van der Waals surface area contributed by atoms with Crippen LogP contribution in [0.3, 0.4) is 0 Å². The topological polar surface area (TPSA) is 49.3 Å². The first-order valence-electron chi connectivity index (χ1n) is 5.32. The average molecular weight is 242 g/mol. The number of benzene rings is 1. The number of unbranched alkanes of at least 4 members (excludes halogenated alkanes) is 1. The Morgan fingerprint density at radius 1 is 1.38 bits per heavy atom. The molecule has 0 bridgehead atoms. The summed E-state index contributed by atoms with van der Waals surface area (Å²) in [5.74, 6) is 0.577. The highest BCUT2D eigenvalue weighted by Gasteiger charge is 2.02. The van der Waals surface area contributed by atoms with E-state index in [1.54, 1.807) is 18.2 Å². The number of anilines is 1. The molecule has 0 aliphatic carbocycles. The van der Waals surface area contributed by atoms with Crippen molar-refractivity contribution in [1.82, 2.24) is 0 Å². The largest absolute Gasteiger partial charge is 0.392 e. The monoisotopic (exact) mass is 241 g/mol. The third-order valence-electron chi connectivity index (χ3n) is 2.18. The van der Waals surface area contributed by atoms with E-state index in [-0.39, 0.29) is 12.5 Å². The summed E-state index contributed by atoms with van der Waals surface area (Å²) < 4.78 is 0. The Bertz CT molecular complexity index is 342. The molecule has 16 heavy (non-hydrogen) atoms. The third-order valence-corrected chi connectivity index (χ3v) is 2.45. The summed E-state index contributed by atoms with van der Waals surface area (Å²) in [6.07, 6.45) is 2.14. The number of alkyl halides is 1. The van der Waals surface area contributed by atoms with E-state index in [0.29, 0.717) is 12.3 Å². The fourth-order valence-electron chi connectivity index (χ4n) is 1.35. The number of halogens is 1. The molecule has 0 heterocycles. The van der Waals surface area contributed by atoms with Crippen LogP contribution in [-0.2, 0) is 11.4 Å². The number of aliphatic hydroxyl groups is 1. The molecule has 0 radical (unpaired) electrons. The Morgan fingerprint density at radius 3 is 2.88 bits per heavy atom. The Labute approximate surface area is 100 Å². The van der Waals surface area contributed by atoms with Crippen LogP contribution >= 0.6 is 11.6 Å². The Hall–Kier alpha value is -1.06. The van der Waals surface area contributed by atoms with Crippen molar-refractivity contribution in [3.8, 4) is 0 Å². The van der Waals surface area contributed by atoms with Crippen molar-refractivity contribution in [3.63, 3.8) is 0 Å². The molecule has 0 fully saturated rings. The molecule has 0 aromatic heterocycles. The van der Waals surface area contributed by atoms with Gasteiger partial charge in [0.1, 0.15) is 0 Å². The van der Waals surface area contributed by atoms with E-state index < -0.39 is 0 Å². The number of aliphatic hydroxyl groups excluding tert-OH is 1. The van der Waals surface area contributed by atoms with Gasteiger partial charge in [-0.05, 0) is 30.5 Å². The van der Waals surface area contributed by atoms with Crippen LogP contribution in [0.25, 0.3) is 0 Å². The smallest absolute Gasteiger partial charge is 0.224 e. The first-order valence-corrected chi connectivity index (χ1v) is 5.85. The van der Waals surface area contributed by atoms with Gasteiger partial charge in [-0.15, -0.1) is 11.6 Å². The van der Waals surface area contributed by atoms with Crippen molar-refractivity contribution < 1.29 is 9.90 Å². The molecule has 0 saturated carbocycles. The minimum absolute atomic E-state index is 0.0137. The number of rotatable bonds is 6. The minimum atomic E-state index is -0.0179. The summed E-state index contributed by atoms with van der Waals surface area (Å²) >= 11 is 5.53. The summed E-state index contributed by atoms with van der Waals surface area (Å²) in [5, 5.41) is 11.7. The summed E-state index contributed by atoms with van der Waals surface area (Å²) in [6.45, 7) is -0.0179. The number of carbonyl (C=O) groups excluding carboxylic acids is 1. The lowest BCUT2D eigenvalue weighted by Gasteiger charge is -2.06. The van der Waals surface area contributed by atoms with Gasteiger partial charge in [0.15, 0.2) is 0 Å². The van der Waals surface area contributed by atoms with Gasteiger partial charge in [-0.2, -0.15) is 0 Å². The number of hydrogen-bond acceptors (Lipinski definition) is 2. The van der Waals surface area contributed by atoms with E-state index >= 15 is 0 Å². The lowest BCUT2D eigenvalue weighted by molar-refractivity contribution is -0.116. The molecule has 1 aromatic carbocycles. The molecule has 0 atom stereocenters. The van der Waals surface area contributed by atoms with Crippen molar-refractivity contribution in [2.75, 3.05) is 11.2 Å². The average Bonchev–Trinajstić information content (AvgIpc) is 2.29. The van der Waals surface area contributed by atoms with Gasteiger partial charge >= 0.3 is 0 Å². The maximum Gasteiger partial charge on any atom is 0.224 e. The maximum absolute atomic E-state index is 11.5. The first kappa shape index (κ1) is 13.0. The second-order valence-corrected chi connectivity index (χ2v) is 3.93. The van der Waals surface area contributed by atoms with Crippen molar-refractivity contribution in [1.29, 1.82) is 0 Å². The fourth-order valence-corrected chi connectivity index (χ4v) is 1.54. The standard InChI is InChI=1S/C12H16ClNO2/c13-7-2-1-6-12(16)14-11-5-3-4-10(8-11)9-15/h3-5,8,15H,1-2,6-7,9H2,(H,14,16). The zero-order valence-corrected chi connectivity index (χ0v) is 9.83. The van der Waals surface area contributed by atoms with Crippen LogP contribution < -0.4 is 5.32 Å². The van der Waals surface area contributed by atoms with Crippen molar-refractivity contribution in [2.45, 2.75) is 25.9 Å². The highest BCUT2D eigenvalue weighted by molar-refractivity contribution is 6.17. The Balaban J connectivity index is 2.43. The van der Waals surface area contributed by atoms with Gasteiger partial charge in [-0.3, -0.25) is 4.79 Å². The molecular weight excluding hydrogens is 226 g/mol. The van der Waals surface area contributed by atoms with E-state index in [0.717, 1.165) is 24.1 Å². The zero-order chi connectivity index (χ0) is 11.8. The van der Waals surface area contributed by atoms with Gasteiger partial charge in [-0.1, -0.05) is 12.1 Å². The molecule has 88 valence electrons. The minimum Gasteiger partial charge on any atom is -0.392 e. The molecule has 0 aliphatic heterocycles. The lowest BCUT2D eigenvalue weighted by atomic mass is 10.2. The van der Waals surface area contributed by atoms with Crippen LogP contribution in [0.5, 0.6) is 0 Å². The number of amides is 1. The number of nitrogens with one attached hydrogen (secondary N) is 1. The van der Waals surface area contributed by atoms with E-state index in [2.05, 4.69) is 5.32 Å². The summed E-state index contributed by atoms with van der Waals surface area (Å²) in [4.78, 5) is 11.5. The van der Waals surface area contributed by atoms with Crippen LogP contribution in [0.1, 0.15) is 24.8 Å². The molecule has 4 heteroatoms. The molecule has 1 aromatic rings. The molecule has 2 N–H and O–H groups in total. The maximum atomic E-state index is 11.5. The quantitative estimate of drug-likeness (QED) is 0.594. The SMILES string of the molecule is O=C(CCCCCl)Nc1cccc(CO)c1. The summed E-state index contributed by atoms with van der Waals surface area (Å²) in [7, 11) is 0. The van der Waals surface area contributed by atoms with Crippen LogP contribution in [0, 0.1) is 0 Å². The molecule has 1 rings (SSSR count). The Morgan fingerprint density at radius 2 is 2.19 bits per heavy atom. The van der Waals surface area contributed by atoms with Crippen LogP contribution in [0.4, 0.5) is 5.69 Å². The molecule has 0 saturated heterocycles. The molecular formula is C12H16ClNO2. The van der Waals surface area contributed by atoms with Crippen LogP contribution in [0.2, 0.25) is 0 Å².